The highest BCUT2D eigenvalue weighted by molar-refractivity contribution is 5.96. The number of carbonyl (C=O) groups excluding carboxylic acids is 1. The highest BCUT2D eigenvalue weighted by Crippen LogP contribution is 2.24. The first-order valence-corrected chi connectivity index (χ1v) is 7.06. The molecule has 0 aliphatic rings. The molecule has 4 heteroatoms. The second-order valence-corrected chi connectivity index (χ2v) is 5.39. The summed E-state index contributed by atoms with van der Waals surface area (Å²) in [6.07, 6.45) is 1.65. The van der Waals surface area contributed by atoms with Gasteiger partial charge in [0.15, 0.2) is 0 Å². The molecule has 1 heterocycles. The average Bonchev–Trinajstić information content (AvgIpc) is 2.85. The predicted octanol–water partition coefficient (Wildman–Crippen LogP) is 4.37. The highest BCUT2D eigenvalue weighted by atomic mass is 19.1. The van der Waals surface area contributed by atoms with Crippen molar-refractivity contribution in [2.75, 3.05) is 5.32 Å². The van der Waals surface area contributed by atoms with E-state index in [1.165, 1.54) is 18.4 Å². The molecule has 0 radical (unpaired) electrons. The minimum Gasteiger partial charge on any atom is -0.464 e. The largest absolute Gasteiger partial charge is 0.464 e. The van der Waals surface area contributed by atoms with Gasteiger partial charge in [0.2, 0.25) is 5.91 Å². The number of benzene rings is 2. The second kappa shape index (κ2) is 5.64. The Hall–Kier alpha value is -2.62. The third kappa shape index (κ3) is 2.72. The number of fused-ring (bicyclic) bond motifs is 1. The number of rotatable bonds is 3. The summed E-state index contributed by atoms with van der Waals surface area (Å²) < 4.78 is 18.7. The molecule has 0 fully saturated rings. The number of carbonyl (C=O) groups is 1. The van der Waals surface area contributed by atoms with Gasteiger partial charge in [0.25, 0.3) is 0 Å². The quantitative estimate of drug-likeness (QED) is 0.780. The Morgan fingerprint density at radius 1 is 1.18 bits per heavy atom. The Morgan fingerprint density at radius 2 is 1.91 bits per heavy atom. The zero-order valence-electron chi connectivity index (χ0n) is 12.4. The molecule has 0 atom stereocenters. The van der Waals surface area contributed by atoms with Crippen molar-refractivity contribution >= 4 is 22.6 Å². The van der Waals surface area contributed by atoms with Gasteiger partial charge in [-0.05, 0) is 43.2 Å². The van der Waals surface area contributed by atoms with Crippen LogP contribution >= 0.6 is 0 Å². The topological polar surface area (TPSA) is 42.2 Å². The van der Waals surface area contributed by atoms with Gasteiger partial charge in [-0.2, -0.15) is 0 Å². The first kappa shape index (κ1) is 14.3. The number of hydrogen-bond donors (Lipinski definition) is 1. The second-order valence-electron chi connectivity index (χ2n) is 5.39. The molecule has 2 aromatic carbocycles. The van der Waals surface area contributed by atoms with Crippen LogP contribution in [0.4, 0.5) is 10.1 Å². The molecule has 1 aromatic heterocycles. The van der Waals surface area contributed by atoms with Crippen molar-refractivity contribution in [1.82, 2.24) is 0 Å². The molecular weight excluding hydrogens is 281 g/mol. The van der Waals surface area contributed by atoms with E-state index >= 15 is 0 Å². The van der Waals surface area contributed by atoms with Crippen LogP contribution in [0.1, 0.15) is 16.7 Å². The summed E-state index contributed by atoms with van der Waals surface area (Å²) in [5, 5.41) is 3.56. The van der Waals surface area contributed by atoms with E-state index in [0.717, 1.165) is 16.8 Å². The summed E-state index contributed by atoms with van der Waals surface area (Å²) >= 11 is 0. The third-order valence-electron chi connectivity index (χ3n) is 3.71. The lowest BCUT2D eigenvalue weighted by Gasteiger charge is -2.11. The number of halogens is 1. The summed E-state index contributed by atoms with van der Waals surface area (Å²) in [7, 11) is 0. The van der Waals surface area contributed by atoms with Crippen LogP contribution in [-0.4, -0.2) is 5.91 Å². The van der Waals surface area contributed by atoms with Gasteiger partial charge < -0.3 is 9.73 Å². The van der Waals surface area contributed by atoms with Gasteiger partial charge >= 0.3 is 0 Å². The van der Waals surface area contributed by atoms with Gasteiger partial charge in [0.1, 0.15) is 11.4 Å². The summed E-state index contributed by atoms with van der Waals surface area (Å²) in [5.41, 5.74) is 4.11. The molecule has 0 aliphatic heterocycles. The summed E-state index contributed by atoms with van der Waals surface area (Å²) in [4.78, 5) is 12.3. The third-order valence-corrected chi connectivity index (χ3v) is 3.71. The van der Waals surface area contributed by atoms with Crippen LogP contribution in [0.25, 0.3) is 11.0 Å². The van der Waals surface area contributed by atoms with Gasteiger partial charge in [0.05, 0.1) is 12.7 Å². The molecule has 0 aliphatic carbocycles. The fourth-order valence-corrected chi connectivity index (χ4v) is 2.56. The van der Waals surface area contributed by atoms with E-state index in [1.807, 2.05) is 32.0 Å². The molecule has 0 saturated carbocycles. The number of amides is 1. The first-order valence-electron chi connectivity index (χ1n) is 7.06. The lowest BCUT2D eigenvalue weighted by Crippen LogP contribution is -2.15. The molecule has 112 valence electrons. The van der Waals surface area contributed by atoms with Gasteiger partial charge in [0, 0.05) is 16.6 Å². The van der Waals surface area contributed by atoms with Crippen LogP contribution in [0.15, 0.2) is 47.1 Å². The lowest BCUT2D eigenvalue weighted by molar-refractivity contribution is -0.115. The van der Waals surface area contributed by atoms with Crippen molar-refractivity contribution in [3.05, 3.63) is 65.2 Å². The SMILES string of the molecule is Cc1cccc(C)c1NC(=O)Cc1coc2ccc(F)cc12. The Kier molecular flexibility index (Phi) is 3.67. The van der Waals surface area contributed by atoms with Crippen LogP contribution < -0.4 is 5.32 Å². The van der Waals surface area contributed by atoms with Crippen LogP contribution in [0.2, 0.25) is 0 Å². The number of aryl methyl sites for hydroxylation is 2. The maximum absolute atomic E-state index is 13.3. The molecule has 3 rings (SSSR count). The molecular formula is C18H16FNO2. The van der Waals surface area contributed by atoms with Gasteiger partial charge in [-0.3, -0.25) is 4.79 Å². The fourth-order valence-electron chi connectivity index (χ4n) is 2.56. The van der Waals surface area contributed by atoms with Crippen LogP contribution in [0.5, 0.6) is 0 Å². The maximum atomic E-state index is 13.3. The van der Waals surface area contributed by atoms with E-state index in [4.69, 9.17) is 4.42 Å². The molecule has 0 bridgehead atoms. The van der Waals surface area contributed by atoms with E-state index in [2.05, 4.69) is 5.32 Å². The minimum atomic E-state index is -0.342. The molecule has 3 aromatic rings. The van der Waals surface area contributed by atoms with Crippen LogP contribution in [-0.2, 0) is 11.2 Å². The van der Waals surface area contributed by atoms with E-state index in [1.54, 1.807) is 6.07 Å². The number of nitrogens with one attached hydrogen (secondary N) is 1. The number of para-hydroxylation sites is 1. The van der Waals surface area contributed by atoms with Crippen molar-refractivity contribution < 1.29 is 13.6 Å². The summed E-state index contributed by atoms with van der Waals surface area (Å²) in [5.74, 6) is -0.491. The van der Waals surface area contributed by atoms with Crippen molar-refractivity contribution in [2.45, 2.75) is 20.3 Å². The Balaban J connectivity index is 1.83. The number of anilines is 1. The van der Waals surface area contributed by atoms with Gasteiger partial charge in [-0.15, -0.1) is 0 Å². The summed E-state index contributed by atoms with van der Waals surface area (Å²) in [6, 6.07) is 10.1. The predicted molar refractivity (Wildman–Crippen MR) is 84.4 cm³/mol. The molecule has 1 N–H and O–H groups in total. The van der Waals surface area contributed by atoms with Crippen molar-refractivity contribution in [2.24, 2.45) is 0 Å². The molecule has 0 unspecified atom stereocenters. The Morgan fingerprint density at radius 3 is 2.64 bits per heavy atom. The summed E-state index contributed by atoms with van der Waals surface area (Å²) in [6.45, 7) is 3.90. The van der Waals surface area contributed by atoms with Crippen molar-refractivity contribution in [1.29, 1.82) is 0 Å². The van der Waals surface area contributed by atoms with E-state index in [9.17, 15) is 9.18 Å². The van der Waals surface area contributed by atoms with E-state index in [-0.39, 0.29) is 18.1 Å². The van der Waals surface area contributed by atoms with Gasteiger partial charge in [-0.25, -0.2) is 4.39 Å². The highest BCUT2D eigenvalue weighted by Gasteiger charge is 2.13. The standard InChI is InChI=1S/C18H16FNO2/c1-11-4-3-5-12(2)18(11)20-17(21)8-13-10-22-16-7-6-14(19)9-15(13)16/h3-7,9-10H,8H2,1-2H3,(H,20,21). The van der Waals surface area contributed by atoms with Crippen molar-refractivity contribution in [3.8, 4) is 0 Å². The van der Waals surface area contributed by atoms with E-state index < -0.39 is 0 Å². The maximum Gasteiger partial charge on any atom is 0.228 e. The fraction of sp³-hybridized carbons (Fsp3) is 0.167. The zero-order chi connectivity index (χ0) is 15.7. The van der Waals surface area contributed by atoms with E-state index in [0.29, 0.717) is 16.5 Å². The number of hydrogen-bond acceptors (Lipinski definition) is 2. The normalized spacial score (nSPS) is 10.9. The Bertz CT molecular complexity index is 831. The molecule has 3 nitrogen and oxygen atoms in total. The average molecular weight is 297 g/mol. The molecule has 0 saturated heterocycles. The van der Waals surface area contributed by atoms with Gasteiger partial charge in [-0.1, -0.05) is 18.2 Å². The Labute approximate surface area is 127 Å². The first-order chi connectivity index (χ1) is 10.5. The molecule has 0 spiro atoms. The van der Waals surface area contributed by atoms with Crippen LogP contribution in [0, 0.1) is 19.7 Å². The molecule has 1 amide bonds. The lowest BCUT2D eigenvalue weighted by atomic mass is 10.1. The minimum absolute atomic E-state index is 0.143. The monoisotopic (exact) mass is 297 g/mol. The zero-order valence-corrected chi connectivity index (χ0v) is 12.4. The van der Waals surface area contributed by atoms with Crippen LogP contribution in [0.3, 0.4) is 0 Å². The number of furan rings is 1. The van der Waals surface area contributed by atoms with Crippen molar-refractivity contribution in [3.63, 3.8) is 0 Å². The smallest absolute Gasteiger partial charge is 0.228 e. The molecule has 22 heavy (non-hydrogen) atoms.